The average Bonchev–Trinajstić information content (AvgIpc) is 2.57. The van der Waals surface area contributed by atoms with Crippen LogP contribution in [0.3, 0.4) is 0 Å². The van der Waals surface area contributed by atoms with Crippen LogP contribution in [0.15, 0.2) is 18.2 Å². The number of carboxylic acid groups (broad SMARTS) is 1. The Hall–Kier alpha value is -1.71. The molecule has 0 unspecified atom stereocenters. The maximum atomic E-state index is 11.4. The van der Waals surface area contributed by atoms with Crippen LogP contribution in [0.5, 0.6) is 0 Å². The van der Waals surface area contributed by atoms with Crippen molar-refractivity contribution in [1.29, 1.82) is 0 Å². The highest BCUT2D eigenvalue weighted by atomic mass is 16.4. The van der Waals surface area contributed by atoms with Crippen LogP contribution in [-0.2, 0) is 0 Å². The third-order valence-electron chi connectivity index (χ3n) is 4.81. The fraction of sp³-hybridized carbons (Fsp3) is 0.562. The number of aromatic carboxylic acids is 1. The zero-order chi connectivity index (χ0) is 14.2. The molecule has 1 aliphatic carbocycles. The number of nitrogens with one attached hydrogen (secondary N) is 1. The van der Waals surface area contributed by atoms with Gasteiger partial charge < -0.3 is 15.3 Å². The largest absolute Gasteiger partial charge is 0.478 e. The summed E-state index contributed by atoms with van der Waals surface area (Å²) in [6.07, 6.45) is 6.38. The zero-order valence-corrected chi connectivity index (χ0v) is 12.0. The Morgan fingerprint density at radius 2 is 2.05 bits per heavy atom. The van der Waals surface area contributed by atoms with E-state index in [0.717, 1.165) is 24.5 Å². The molecule has 0 saturated heterocycles. The van der Waals surface area contributed by atoms with Gasteiger partial charge in [0.05, 0.1) is 16.9 Å². The summed E-state index contributed by atoms with van der Waals surface area (Å²) in [6, 6.07) is 5.52. The van der Waals surface area contributed by atoms with Gasteiger partial charge in [0.25, 0.3) is 0 Å². The van der Waals surface area contributed by atoms with Gasteiger partial charge in [-0.1, -0.05) is 25.3 Å². The number of hydrogen-bond acceptors (Lipinski definition) is 3. The molecule has 1 saturated carbocycles. The van der Waals surface area contributed by atoms with Crippen molar-refractivity contribution in [3.63, 3.8) is 0 Å². The van der Waals surface area contributed by atoms with Crippen molar-refractivity contribution in [2.24, 2.45) is 5.41 Å². The molecule has 1 aromatic carbocycles. The van der Waals surface area contributed by atoms with Gasteiger partial charge in [0.15, 0.2) is 0 Å². The number of carboxylic acids is 1. The van der Waals surface area contributed by atoms with Gasteiger partial charge in [-0.2, -0.15) is 0 Å². The summed E-state index contributed by atoms with van der Waals surface area (Å²) in [5.41, 5.74) is 2.46. The molecule has 4 heteroatoms. The highest BCUT2D eigenvalue weighted by Gasteiger charge is 2.36. The number of carbonyl (C=O) groups is 1. The first-order valence-corrected chi connectivity index (χ1v) is 7.43. The third-order valence-corrected chi connectivity index (χ3v) is 4.81. The predicted molar refractivity (Wildman–Crippen MR) is 80.7 cm³/mol. The minimum atomic E-state index is -0.859. The molecule has 1 heterocycles. The molecule has 0 radical (unpaired) electrons. The second-order valence-electron chi connectivity index (χ2n) is 6.28. The van der Waals surface area contributed by atoms with Crippen LogP contribution < -0.4 is 10.2 Å². The molecule has 1 spiro atoms. The van der Waals surface area contributed by atoms with E-state index in [1.165, 1.54) is 32.1 Å². The van der Waals surface area contributed by atoms with E-state index in [1.807, 2.05) is 12.1 Å². The first kappa shape index (κ1) is 13.3. The summed E-state index contributed by atoms with van der Waals surface area (Å²) in [5.74, 6) is -0.859. The monoisotopic (exact) mass is 274 g/mol. The average molecular weight is 274 g/mol. The van der Waals surface area contributed by atoms with Crippen LogP contribution in [0.25, 0.3) is 0 Å². The summed E-state index contributed by atoms with van der Waals surface area (Å²) < 4.78 is 0. The summed E-state index contributed by atoms with van der Waals surface area (Å²) in [7, 11) is 2.08. The molecule has 3 rings (SSSR count). The predicted octanol–water partition coefficient (Wildman–Crippen LogP) is 3.20. The molecular weight excluding hydrogens is 252 g/mol. The molecule has 0 atom stereocenters. The van der Waals surface area contributed by atoms with E-state index in [4.69, 9.17) is 0 Å². The van der Waals surface area contributed by atoms with E-state index >= 15 is 0 Å². The number of rotatable bonds is 1. The molecule has 20 heavy (non-hydrogen) atoms. The first-order chi connectivity index (χ1) is 9.61. The Morgan fingerprint density at radius 3 is 2.75 bits per heavy atom. The van der Waals surface area contributed by atoms with E-state index in [2.05, 4.69) is 17.3 Å². The summed E-state index contributed by atoms with van der Waals surface area (Å²) in [6.45, 7) is 1.89. The molecule has 0 aromatic heterocycles. The van der Waals surface area contributed by atoms with Crippen molar-refractivity contribution in [2.75, 3.05) is 30.4 Å². The Morgan fingerprint density at radius 1 is 1.30 bits per heavy atom. The highest BCUT2D eigenvalue weighted by molar-refractivity contribution is 5.98. The molecule has 4 nitrogen and oxygen atoms in total. The fourth-order valence-corrected chi connectivity index (χ4v) is 3.78. The lowest BCUT2D eigenvalue weighted by atomic mass is 9.74. The van der Waals surface area contributed by atoms with E-state index < -0.39 is 5.97 Å². The van der Waals surface area contributed by atoms with Gasteiger partial charge in [0.1, 0.15) is 0 Å². The number of hydrogen-bond donors (Lipinski definition) is 2. The van der Waals surface area contributed by atoms with Gasteiger partial charge in [0.2, 0.25) is 0 Å². The van der Waals surface area contributed by atoms with E-state index in [9.17, 15) is 9.90 Å². The quantitative estimate of drug-likeness (QED) is 0.825. The lowest BCUT2D eigenvalue weighted by molar-refractivity contribution is 0.0698. The molecular formula is C16H22N2O2. The van der Waals surface area contributed by atoms with Crippen LogP contribution in [-0.4, -0.2) is 31.2 Å². The van der Waals surface area contributed by atoms with Crippen molar-refractivity contribution < 1.29 is 9.90 Å². The Kier molecular flexibility index (Phi) is 3.32. The third kappa shape index (κ3) is 2.23. The maximum Gasteiger partial charge on any atom is 0.337 e. The Labute approximate surface area is 119 Å². The molecule has 0 amide bonds. The van der Waals surface area contributed by atoms with Crippen LogP contribution in [0.4, 0.5) is 11.4 Å². The molecule has 2 N–H and O–H groups in total. The van der Waals surface area contributed by atoms with Crippen molar-refractivity contribution in [3.05, 3.63) is 23.8 Å². The second-order valence-corrected chi connectivity index (χ2v) is 6.28. The van der Waals surface area contributed by atoms with Gasteiger partial charge in [-0.3, -0.25) is 0 Å². The number of anilines is 2. The normalized spacial score (nSPS) is 20.9. The van der Waals surface area contributed by atoms with E-state index in [-0.39, 0.29) is 0 Å². The van der Waals surface area contributed by atoms with Crippen LogP contribution in [0.1, 0.15) is 42.5 Å². The Balaban J connectivity index is 1.97. The second kappa shape index (κ2) is 5.00. The van der Waals surface area contributed by atoms with Crippen molar-refractivity contribution in [1.82, 2.24) is 0 Å². The molecule has 108 valence electrons. The smallest absolute Gasteiger partial charge is 0.337 e. The number of fused-ring (bicyclic) bond motifs is 1. The van der Waals surface area contributed by atoms with E-state index in [1.54, 1.807) is 6.07 Å². The molecule has 2 aliphatic rings. The van der Waals surface area contributed by atoms with Crippen molar-refractivity contribution in [2.45, 2.75) is 32.1 Å². The van der Waals surface area contributed by atoms with Gasteiger partial charge in [-0.05, 0) is 25.0 Å². The van der Waals surface area contributed by atoms with Gasteiger partial charge in [-0.25, -0.2) is 4.79 Å². The number of para-hydroxylation sites is 1. The lowest BCUT2D eigenvalue weighted by Crippen LogP contribution is -2.40. The maximum absolute atomic E-state index is 11.4. The van der Waals surface area contributed by atoms with Crippen LogP contribution >= 0.6 is 0 Å². The standard InChI is InChI=1S/C16H22N2O2/c1-18-11-16(8-3-2-4-9-16)10-17-14-12(15(19)20)6-5-7-13(14)18/h5-7,17H,2-4,8-11H2,1H3,(H,19,20). The van der Waals surface area contributed by atoms with Gasteiger partial charge in [0, 0.05) is 25.6 Å². The minimum absolute atomic E-state index is 0.293. The van der Waals surface area contributed by atoms with Crippen molar-refractivity contribution >= 4 is 17.3 Å². The first-order valence-electron chi connectivity index (χ1n) is 7.43. The molecule has 0 bridgehead atoms. The minimum Gasteiger partial charge on any atom is -0.478 e. The lowest BCUT2D eigenvalue weighted by Gasteiger charge is -2.38. The summed E-state index contributed by atoms with van der Waals surface area (Å²) in [4.78, 5) is 13.6. The topological polar surface area (TPSA) is 52.6 Å². The zero-order valence-electron chi connectivity index (χ0n) is 12.0. The summed E-state index contributed by atoms with van der Waals surface area (Å²) in [5, 5.41) is 12.8. The van der Waals surface area contributed by atoms with Gasteiger partial charge in [-0.15, -0.1) is 0 Å². The highest BCUT2D eigenvalue weighted by Crippen LogP contribution is 2.42. The Bertz CT molecular complexity index is 521. The number of nitrogens with zero attached hydrogens (tertiary/aromatic N) is 1. The summed E-state index contributed by atoms with van der Waals surface area (Å²) >= 11 is 0. The number of benzene rings is 1. The van der Waals surface area contributed by atoms with E-state index in [0.29, 0.717) is 11.0 Å². The molecule has 1 aliphatic heterocycles. The van der Waals surface area contributed by atoms with Crippen LogP contribution in [0, 0.1) is 5.41 Å². The SMILES string of the molecule is CN1CC2(CCCCC2)CNc2c(C(=O)O)cccc21. The van der Waals surface area contributed by atoms with Crippen LogP contribution in [0.2, 0.25) is 0 Å². The fourth-order valence-electron chi connectivity index (χ4n) is 3.78. The van der Waals surface area contributed by atoms with Crippen molar-refractivity contribution in [3.8, 4) is 0 Å². The van der Waals surface area contributed by atoms with Gasteiger partial charge >= 0.3 is 5.97 Å². The molecule has 1 aromatic rings. The molecule has 1 fully saturated rings.